The lowest BCUT2D eigenvalue weighted by Gasteiger charge is -2.30. The molecule has 26 heavy (non-hydrogen) atoms. The first-order valence-electron chi connectivity index (χ1n) is 9.23. The molecule has 2 aliphatic rings. The summed E-state index contributed by atoms with van der Waals surface area (Å²) < 4.78 is 0. The fraction of sp³-hybridized carbons (Fsp3) is 0.0400. The van der Waals surface area contributed by atoms with Gasteiger partial charge in [0.2, 0.25) is 0 Å². The second kappa shape index (κ2) is 4.77. The molecule has 0 atom stereocenters. The number of rotatable bonds is 0. The normalized spacial score (nSPS) is 14.6. The van der Waals surface area contributed by atoms with Crippen molar-refractivity contribution in [3.8, 4) is 22.3 Å². The van der Waals surface area contributed by atoms with E-state index in [1.807, 2.05) is 0 Å². The molecule has 0 bridgehead atoms. The fourth-order valence-electron chi connectivity index (χ4n) is 5.33. The van der Waals surface area contributed by atoms with E-state index in [2.05, 4.69) is 98.8 Å². The number of hydrogen-bond donors (Lipinski definition) is 0. The monoisotopic (exact) mass is 328 g/mol. The van der Waals surface area contributed by atoms with Crippen LogP contribution >= 0.6 is 0 Å². The number of benzene rings is 4. The summed E-state index contributed by atoms with van der Waals surface area (Å²) in [5.74, 6) is 0. The fourth-order valence-corrected chi connectivity index (χ4v) is 5.33. The van der Waals surface area contributed by atoms with E-state index in [0.29, 0.717) is 0 Å². The third-order valence-electron chi connectivity index (χ3n) is 6.23. The van der Waals surface area contributed by atoms with Gasteiger partial charge in [0.25, 0.3) is 0 Å². The molecule has 0 fully saturated rings. The maximum absolute atomic E-state index is 2.33. The van der Waals surface area contributed by atoms with Crippen molar-refractivity contribution in [2.75, 3.05) is 0 Å². The minimum atomic E-state index is -0.189. The number of hydrogen-bond acceptors (Lipinski definition) is 0. The Hall–Kier alpha value is -3.06. The predicted molar refractivity (Wildman–Crippen MR) is 111 cm³/mol. The summed E-state index contributed by atoms with van der Waals surface area (Å²) in [6.45, 7) is 0. The molecule has 0 amide bonds. The Morgan fingerprint density at radius 1 is 0.462 bits per heavy atom. The van der Waals surface area contributed by atoms with Crippen LogP contribution in [0.3, 0.4) is 0 Å². The Labute approximate surface area is 154 Å². The van der Waals surface area contributed by atoms with Crippen LogP contribution in [0.15, 0.2) is 91.0 Å². The zero-order chi connectivity index (χ0) is 17.3. The van der Waals surface area contributed by atoms with Crippen molar-refractivity contribution < 1.29 is 0 Å². The second-order valence-corrected chi connectivity index (χ2v) is 7.38. The van der Waals surface area contributed by atoms with E-state index >= 15 is 0 Å². The van der Waals surface area contributed by atoms with E-state index in [-0.39, 0.29) is 5.41 Å². The largest absolute Gasteiger partial charge is 0.140 e. The van der Waals surface area contributed by atoms with Crippen molar-refractivity contribution in [3.63, 3.8) is 0 Å². The summed E-state index contributed by atoms with van der Waals surface area (Å²) in [6.07, 6.45) is 0. The summed E-state index contributed by atoms with van der Waals surface area (Å²) in [6, 6.07) is 33.6. The molecule has 0 nitrogen and oxygen atoms in total. The third kappa shape index (κ3) is 1.44. The van der Waals surface area contributed by atoms with E-state index in [9.17, 15) is 0 Å². The third-order valence-corrected chi connectivity index (χ3v) is 6.23. The molecular formula is C25H17B. The standard InChI is InChI=1S/C25H17B/c26-23-15-7-14-22-24(23)18-10-3-6-13-21(18)25(22)19-11-4-1-8-16(19)17-9-2-5-12-20(17)25/h1-15H,26H2. The molecule has 0 heterocycles. The lowest BCUT2D eigenvalue weighted by atomic mass is 9.70. The second-order valence-electron chi connectivity index (χ2n) is 7.38. The summed E-state index contributed by atoms with van der Waals surface area (Å²) in [4.78, 5) is 0. The lowest BCUT2D eigenvalue weighted by Crippen LogP contribution is -2.26. The molecule has 2 aliphatic carbocycles. The van der Waals surface area contributed by atoms with Crippen LogP contribution < -0.4 is 5.46 Å². The molecule has 0 unspecified atom stereocenters. The van der Waals surface area contributed by atoms with Gasteiger partial charge >= 0.3 is 0 Å². The van der Waals surface area contributed by atoms with Crippen LogP contribution in [0.5, 0.6) is 0 Å². The molecule has 120 valence electrons. The molecule has 6 rings (SSSR count). The molecule has 0 aliphatic heterocycles. The Balaban J connectivity index is 1.89. The number of fused-ring (bicyclic) bond motifs is 10. The summed E-state index contributed by atoms with van der Waals surface area (Å²) in [5.41, 5.74) is 12.4. The molecule has 1 heteroatoms. The van der Waals surface area contributed by atoms with Gasteiger partial charge in [0, 0.05) is 0 Å². The molecule has 4 aromatic rings. The Morgan fingerprint density at radius 3 is 1.54 bits per heavy atom. The Kier molecular flexibility index (Phi) is 2.59. The van der Waals surface area contributed by atoms with Gasteiger partial charge in [-0.2, -0.15) is 0 Å². The van der Waals surface area contributed by atoms with Gasteiger partial charge in [0.05, 0.1) is 5.41 Å². The SMILES string of the molecule is Bc1cccc2c1-c1ccccc1C21c2ccccc2-c2ccccc21. The van der Waals surface area contributed by atoms with Crippen LogP contribution in [0.4, 0.5) is 0 Å². The van der Waals surface area contributed by atoms with Gasteiger partial charge in [-0.25, -0.2) is 0 Å². The van der Waals surface area contributed by atoms with Gasteiger partial charge in [-0.1, -0.05) is 96.5 Å². The highest BCUT2D eigenvalue weighted by molar-refractivity contribution is 6.36. The summed E-state index contributed by atoms with van der Waals surface area (Å²) >= 11 is 0. The van der Waals surface area contributed by atoms with Gasteiger partial charge in [-0.05, 0) is 44.5 Å². The molecular weight excluding hydrogens is 311 g/mol. The van der Waals surface area contributed by atoms with Crippen LogP contribution in [-0.4, -0.2) is 7.85 Å². The Bertz CT molecular complexity index is 1160. The van der Waals surface area contributed by atoms with Crippen molar-refractivity contribution >= 4 is 13.3 Å². The van der Waals surface area contributed by atoms with Crippen LogP contribution in [-0.2, 0) is 5.41 Å². The minimum absolute atomic E-state index is 0.189. The van der Waals surface area contributed by atoms with Crippen LogP contribution in [0, 0.1) is 0 Å². The van der Waals surface area contributed by atoms with Crippen molar-refractivity contribution in [1.82, 2.24) is 0 Å². The lowest BCUT2D eigenvalue weighted by molar-refractivity contribution is 0.794. The van der Waals surface area contributed by atoms with E-state index < -0.39 is 0 Å². The highest BCUT2D eigenvalue weighted by atomic mass is 14.5. The molecule has 0 radical (unpaired) electrons. The first-order chi connectivity index (χ1) is 12.8. The summed E-state index contributed by atoms with van der Waals surface area (Å²) in [5, 5.41) is 0. The molecule has 0 saturated carbocycles. The average Bonchev–Trinajstić information content (AvgIpc) is 3.16. The highest BCUT2D eigenvalue weighted by Crippen LogP contribution is 2.62. The Morgan fingerprint density at radius 2 is 0.923 bits per heavy atom. The van der Waals surface area contributed by atoms with Crippen molar-refractivity contribution in [2.24, 2.45) is 0 Å². The molecule has 0 N–H and O–H groups in total. The van der Waals surface area contributed by atoms with Crippen molar-refractivity contribution in [3.05, 3.63) is 113 Å². The molecule has 0 aromatic heterocycles. The van der Waals surface area contributed by atoms with Crippen LogP contribution in [0.25, 0.3) is 22.3 Å². The van der Waals surface area contributed by atoms with E-state index in [1.54, 1.807) is 0 Å². The van der Waals surface area contributed by atoms with Crippen molar-refractivity contribution in [1.29, 1.82) is 0 Å². The van der Waals surface area contributed by atoms with E-state index in [4.69, 9.17) is 0 Å². The van der Waals surface area contributed by atoms with Gasteiger partial charge in [-0.3, -0.25) is 0 Å². The van der Waals surface area contributed by atoms with E-state index in [0.717, 1.165) is 0 Å². The molecule has 4 aromatic carbocycles. The van der Waals surface area contributed by atoms with Gasteiger partial charge in [-0.15, -0.1) is 0 Å². The first-order valence-corrected chi connectivity index (χ1v) is 9.23. The van der Waals surface area contributed by atoms with E-state index in [1.165, 1.54) is 50.0 Å². The maximum atomic E-state index is 2.33. The smallest absolute Gasteiger partial charge is 0.0809 e. The topological polar surface area (TPSA) is 0 Å². The van der Waals surface area contributed by atoms with Gasteiger partial charge in [0.15, 0.2) is 0 Å². The summed E-state index contributed by atoms with van der Waals surface area (Å²) in [7, 11) is 2.24. The molecule has 1 spiro atoms. The average molecular weight is 328 g/mol. The van der Waals surface area contributed by atoms with Gasteiger partial charge < -0.3 is 0 Å². The molecule has 0 saturated heterocycles. The van der Waals surface area contributed by atoms with Crippen molar-refractivity contribution in [2.45, 2.75) is 5.41 Å². The highest BCUT2D eigenvalue weighted by Gasteiger charge is 2.51. The maximum Gasteiger partial charge on any atom is 0.140 e. The minimum Gasteiger partial charge on any atom is -0.0809 e. The van der Waals surface area contributed by atoms with Gasteiger partial charge in [0.1, 0.15) is 7.85 Å². The predicted octanol–water partition coefficient (Wildman–Crippen LogP) is 4.29. The zero-order valence-corrected chi connectivity index (χ0v) is 14.7. The van der Waals surface area contributed by atoms with Crippen LogP contribution in [0.2, 0.25) is 0 Å². The zero-order valence-electron chi connectivity index (χ0n) is 14.7. The quantitative estimate of drug-likeness (QED) is 0.365. The van der Waals surface area contributed by atoms with Crippen LogP contribution in [0.1, 0.15) is 22.3 Å². The first kappa shape index (κ1) is 14.1.